The molecule has 0 radical (unpaired) electrons. The van der Waals surface area contributed by atoms with Crippen LogP contribution in [0.5, 0.6) is 5.75 Å². The zero-order chi connectivity index (χ0) is 14.5. The molecule has 0 saturated heterocycles. The molecule has 3 heteroatoms. The van der Waals surface area contributed by atoms with Crippen molar-refractivity contribution in [3.63, 3.8) is 0 Å². The van der Waals surface area contributed by atoms with E-state index in [1.807, 2.05) is 68.6 Å². The minimum atomic E-state index is -0.630. The molecule has 2 rings (SSSR count). The fourth-order valence-corrected chi connectivity index (χ4v) is 2.73. The van der Waals surface area contributed by atoms with Gasteiger partial charge in [-0.25, -0.2) is 0 Å². The Labute approximate surface area is 124 Å². The Morgan fingerprint density at radius 2 is 1.80 bits per heavy atom. The summed E-state index contributed by atoms with van der Waals surface area (Å²) in [6.45, 7) is 3.98. The molecule has 0 aliphatic carbocycles. The SMILES string of the molecule is CSc1ccccc1C(O)c1cccc(OC(C)C)c1. The van der Waals surface area contributed by atoms with Crippen LogP contribution in [0.4, 0.5) is 0 Å². The van der Waals surface area contributed by atoms with E-state index >= 15 is 0 Å². The van der Waals surface area contributed by atoms with E-state index in [0.29, 0.717) is 0 Å². The molecule has 0 bridgehead atoms. The quantitative estimate of drug-likeness (QED) is 0.833. The summed E-state index contributed by atoms with van der Waals surface area (Å²) in [5, 5.41) is 10.6. The molecule has 2 aromatic carbocycles. The van der Waals surface area contributed by atoms with Crippen LogP contribution in [0.1, 0.15) is 31.1 Å². The van der Waals surface area contributed by atoms with Crippen LogP contribution >= 0.6 is 11.8 Å². The molecule has 106 valence electrons. The number of aliphatic hydroxyl groups is 1. The standard InChI is InChI=1S/C17H20O2S/c1-12(2)19-14-8-6-7-13(11-14)17(18)15-9-4-5-10-16(15)20-3/h4-12,17-18H,1-3H3. The lowest BCUT2D eigenvalue weighted by molar-refractivity contribution is 0.214. The minimum absolute atomic E-state index is 0.126. The lowest BCUT2D eigenvalue weighted by Crippen LogP contribution is -2.07. The van der Waals surface area contributed by atoms with Crippen molar-refractivity contribution < 1.29 is 9.84 Å². The molecule has 0 fully saturated rings. The Bertz CT molecular complexity index is 566. The molecule has 0 heterocycles. The Morgan fingerprint density at radius 3 is 2.50 bits per heavy atom. The van der Waals surface area contributed by atoms with Crippen LogP contribution in [0.3, 0.4) is 0 Å². The van der Waals surface area contributed by atoms with Gasteiger partial charge in [-0.2, -0.15) is 0 Å². The zero-order valence-corrected chi connectivity index (χ0v) is 12.9. The second-order valence-electron chi connectivity index (χ2n) is 4.88. The predicted molar refractivity (Wildman–Crippen MR) is 84.5 cm³/mol. The van der Waals surface area contributed by atoms with Crippen LogP contribution in [0.2, 0.25) is 0 Å². The van der Waals surface area contributed by atoms with Crippen molar-refractivity contribution in [3.05, 3.63) is 59.7 Å². The minimum Gasteiger partial charge on any atom is -0.491 e. The van der Waals surface area contributed by atoms with Crippen LogP contribution in [0.25, 0.3) is 0 Å². The molecule has 1 unspecified atom stereocenters. The molecule has 0 saturated carbocycles. The van der Waals surface area contributed by atoms with Gasteiger partial charge < -0.3 is 9.84 Å². The maximum absolute atomic E-state index is 10.6. The highest BCUT2D eigenvalue weighted by Gasteiger charge is 2.14. The van der Waals surface area contributed by atoms with Crippen molar-refractivity contribution >= 4 is 11.8 Å². The van der Waals surface area contributed by atoms with Crippen molar-refractivity contribution in [2.75, 3.05) is 6.26 Å². The van der Waals surface area contributed by atoms with Gasteiger partial charge in [-0.3, -0.25) is 0 Å². The van der Waals surface area contributed by atoms with Crippen LogP contribution in [-0.4, -0.2) is 17.5 Å². The first kappa shape index (κ1) is 14.9. The first-order valence-corrected chi connectivity index (χ1v) is 7.92. The monoisotopic (exact) mass is 288 g/mol. The van der Waals surface area contributed by atoms with Gasteiger partial charge in [-0.1, -0.05) is 30.3 Å². The predicted octanol–water partition coefficient (Wildman–Crippen LogP) is 4.28. The van der Waals surface area contributed by atoms with E-state index in [9.17, 15) is 5.11 Å². The maximum atomic E-state index is 10.6. The number of aliphatic hydroxyl groups excluding tert-OH is 1. The van der Waals surface area contributed by atoms with Gasteiger partial charge in [0.05, 0.1) is 6.10 Å². The second-order valence-corrected chi connectivity index (χ2v) is 5.73. The van der Waals surface area contributed by atoms with E-state index in [-0.39, 0.29) is 6.10 Å². The molecule has 0 aromatic heterocycles. The first-order chi connectivity index (χ1) is 9.61. The van der Waals surface area contributed by atoms with Gasteiger partial charge >= 0.3 is 0 Å². The Hall–Kier alpha value is -1.45. The molecule has 0 aliphatic heterocycles. The molecule has 0 spiro atoms. The van der Waals surface area contributed by atoms with Gasteiger partial charge in [0.15, 0.2) is 0 Å². The second kappa shape index (κ2) is 6.82. The average molecular weight is 288 g/mol. The maximum Gasteiger partial charge on any atom is 0.120 e. The molecule has 0 amide bonds. The summed E-state index contributed by atoms with van der Waals surface area (Å²) in [5.74, 6) is 0.790. The Morgan fingerprint density at radius 1 is 1.05 bits per heavy atom. The summed E-state index contributed by atoms with van der Waals surface area (Å²) in [6.07, 6.45) is 1.51. The first-order valence-electron chi connectivity index (χ1n) is 6.69. The summed E-state index contributed by atoms with van der Waals surface area (Å²) in [6, 6.07) is 15.6. The molecule has 2 nitrogen and oxygen atoms in total. The van der Waals surface area contributed by atoms with E-state index in [1.54, 1.807) is 11.8 Å². The highest BCUT2D eigenvalue weighted by atomic mass is 32.2. The van der Waals surface area contributed by atoms with E-state index in [4.69, 9.17) is 4.74 Å². The number of rotatable bonds is 5. The number of benzene rings is 2. The zero-order valence-electron chi connectivity index (χ0n) is 12.0. The van der Waals surface area contributed by atoms with Crippen molar-refractivity contribution in [1.82, 2.24) is 0 Å². The van der Waals surface area contributed by atoms with E-state index in [2.05, 4.69) is 0 Å². The number of hydrogen-bond donors (Lipinski definition) is 1. The summed E-state index contributed by atoms with van der Waals surface area (Å²) < 4.78 is 5.68. The van der Waals surface area contributed by atoms with Crippen molar-refractivity contribution in [2.45, 2.75) is 31.0 Å². The summed E-state index contributed by atoms with van der Waals surface area (Å²) in [4.78, 5) is 1.09. The largest absolute Gasteiger partial charge is 0.491 e. The van der Waals surface area contributed by atoms with Gasteiger partial charge in [0.2, 0.25) is 0 Å². The fraction of sp³-hybridized carbons (Fsp3) is 0.294. The third-order valence-corrected chi connectivity index (χ3v) is 3.79. The lowest BCUT2D eigenvalue weighted by atomic mass is 10.0. The molecule has 1 atom stereocenters. The van der Waals surface area contributed by atoms with Crippen molar-refractivity contribution in [1.29, 1.82) is 0 Å². The third kappa shape index (κ3) is 3.56. The molecule has 0 aliphatic rings. The van der Waals surface area contributed by atoms with Crippen LogP contribution in [-0.2, 0) is 0 Å². The van der Waals surface area contributed by atoms with Gasteiger partial charge in [0, 0.05) is 4.90 Å². The number of thioether (sulfide) groups is 1. The van der Waals surface area contributed by atoms with E-state index in [1.165, 1.54) is 0 Å². The molecular weight excluding hydrogens is 268 g/mol. The van der Waals surface area contributed by atoms with Crippen LogP contribution in [0.15, 0.2) is 53.4 Å². The highest BCUT2D eigenvalue weighted by molar-refractivity contribution is 7.98. The fourth-order valence-electron chi connectivity index (χ4n) is 2.10. The third-order valence-electron chi connectivity index (χ3n) is 2.98. The normalized spacial score (nSPS) is 12.4. The van der Waals surface area contributed by atoms with Crippen molar-refractivity contribution in [3.8, 4) is 5.75 Å². The topological polar surface area (TPSA) is 29.5 Å². The summed E-state index contributed by atoms with van der Waals surface area (Å²) >= 11 is 1.64. The highest BCUT2D eigenvalue weighted by Crippen LogP contribution is 2.31. The van der Waals surface area contributed by atoms with Crippen LogP contribution in [0, 0.1) is 0 Å². The van der Waals surface area contributed by atoms with Crippen LogP contribution < -0.4 is 4.74 Å². The number of ether oxygens (including phenoxy) is 1. The van der Waals surface area contributed by atoms with Gasteiger partial charge in [0.25, 0.3) is 0 Å². The molecule has 2 aromatic rings. The lowest BCUT2D eigenvalue weighted by Gasteiger charge is -2.16. The Kier molecular flexibility index (Phi) is 5.10. The van der Waals surface area contributed by atoms with Gasteiger partial charge in [0.1, 0.15) is 11.9 Å². The molecule has 1 N–H and O–H groups in total. The summed E-state index contributed by atoms with van der Waals surface area (Å²) in [5.41, 5.74) is 1.78. The van der Waals surface area contributed by atoms with E-state index in [0.717, 1.165) is 21.8 Å². The summed E-state index contributed by atoms with van der Waals surface area (Å²) in [7, 11) is 0. The van der Waals surface area contributed by atoms with Crippen molar-refractivity contribution in [2.24, 2.45) is 0 Å². The number of hydrogen-bond acceptors (Lipinski definition) is 3. The molecular formula is C17H20O2S. The average Bonchev–Trinajstić information content (AvgIpc) is 2.46. The Balaban J connectivity index is 2.30. The van der Waals surface area contributed by atoms with E-state index < -0.39 is 6.10 Å². The molecule has 20 heavy (non-hydrogen) atoms. The van der Waals surface area contributed by atoms with Gasteiger partial charge in [-0.15, -0.1) is 11.8 Å². The van der Waals surface area contributed by atoms with Gasteiger partial charge in [-0.05, 0) is 49.4 Å². The smallest absolute Gasteiger partial charge is 0.120 e.